The van der Waals surface area contributed by atoms with Gasteiger partial charge in [0.05, 0.1) is 0 Å². The Kier molecular flexibility index (Phi) is 17.0. The van der Waals surface area contributed by atoms with Crippen molar-refractivity contribution >= 4 is 48.1 Å². The Hall–Kier alpha value is -0.660. The third kappa shape index (κ3) is 11.9. The molecular weight excluding hydrogens is 671 g/mol. The fourth-order valence-electron chi connectivity index (χ4n) is 5.24. The van der Waals surface area contributed by atoms with E-state index >= 15 is 0 Å². The van der Waals surface area contributed by atoms with Crippen molar-refractivity contribution in [3.8, 4) is 0 Å². The van der Waals surface area contributed by atoms with Crippen LogP contribution in [0, 0.1) is 0 Å². The van der Waals surface area contributed by atoms with Crippen LogP contribution in [0.2, 0.25) is 13.1 Å². The van der Waals surface area contributed by atoms with Crippen LogP contribution < -0.4 is 0 Å². The molecule has 0 saturated carbocycles. The third-order valence-electron chi connectivity index (χ3n) is 8.06. The summed E-state index contributed by atoms with van der Waals surface area (Å²) in [6.45, 7) is 36.3. The molecule has 44 heavy (non-hydrogen) atoms. The van der Waals surface area contributed by atoms with E-state index < -0.39 is 20.8 Å². The van der Waals surface area contributed by atoms with E-state index in [1.807, 2.05) is 0 Å². The summed E-state index contributed by atoms with van der Waals surface area (Å²) in [6.07, 6.45) is 0. The van der Waals surface area contributed by atoms with E-state index in [9.17, 15) is 0 Å². The molecule has 0 N–H and O–H groups in total. The van der Waals surface area contributed by atoms with Crippen molar-refractivity contribution < 1.29 is 20.8 Å². The van der Waals surface area contributed by atoms with Crippen molar-refractivity contribution in [1.82, 2.24) is 0 Å². The van der Waals surface area contributed by atoms with Gasteiger partial charge in [0, 0.05) is 9.52 Å². The second kappa shape index (κ2) is 18.0. The quantitative estimate of drug-likeness (QED) is 0.145. The predicted octanol–water partition coefficient (Wildman–Crippen LogP) is 14.4. The second-order valence-electron chi connectivity index (χ2n) is 15.4. The molecule has 0 unspecified atom stereocenters. The summed E-state index contributed by atoms with van der Waals surface area (Å²) in [4.78, 5) is 0. The maximum absolute atomic E-state index is 4.93. The minimum atomic E-state index is -0.826. The summed E-state index contributed by atoms with van der Waals surface area (Å²) >= 11 is -0.826. The third-order valence-corrected chi connectivity index (χ3v) is 8.06. The molecule has 4 aromatic rings. The molecule has 0 aliphatic heterocycles. The summed E-state index contributed by atoms with van der Waals surface area (Å²) in [5.74, 6) is 2.35. The van der Waals surface area contributed by atoms with Gasteiger partial charge in [-0.2, -0.15) is 12.1 Å². The Balaban J connectivity index is 0.000000373. The summed E-state index contributed by atoms with van der Waals surface area (Å²) in [6, 6.07) is 19.1. The minimum absolute atomic E-state index is 0.227. The Morgan fingerprint density at radius 2 is 0.818 bits per heavy atom. The van der Waals surface area contributed by atoms with Crippen molar-refractivity contribution in [2.24, 2.45) is 0 Å². The van der Waals surface area contributed by atoms with E-state index in [2.05, 4.69) is 159 Å². The number of halogens is 2. The molecule has 0 saturated heterocycles. The number of benzene rings is 2. The zero-order valence-electron chi connectivity index (χ0n) is 30.7. The van der Waals surface area contributed by atoms with Crippen LogP contribution in [0.1, 0.15) is 154 Å². The zero-order chi connectivity index (χ0) is 34.2. The number of fused-ring (bicyclic) bond motifs is 2. The van der Waals surface area contributed by atoms with Crippen molar-refractivity contribution in [2.45, 2.75) is 145 Å². The Morgan fingerprint density at radius 3 is 1.02 bits per heavy atom. The van der Waals surface area contributed by atoms with E-state index in [0.717, 1.165) is 9.52 Å². The summed E-state index contributed by atoms with van der Waals surface area (Å²) in [7, 11) is 11.0. The van der Waals surface area contributed by atoms with Gasteiger partial charge in [-0.1, -0.05) is 144 Å². The van der Waals surface area contributed by atoms with Gasteiger partial charge in [-0.05, 0) is 34.5 Å². The van der Waals surface area contributed by atoms with Crippen LogP contribution in [0.25, 0.3) is 21.5 Å². The maximum atomic E-state index is 4.93. The molecule has 0 bridgehead atoms. The molecule has 0 aliphatic carbocycles. The summed E-state index contributed by atoms with van der Waals surface area (Å²) in [5.41, 5.74) is 9.27. The molecule has 4 heteroatoms. The molecule has 0 spiro atoms. The average molecular weight is 731 g/mol. The Bertz CT molecular complexity index is 1310. The number of hydrogen-bond acceptors (Lipinski definition) is 0. The van der Waals surface area contributed by atoms with E-state index in [1.165, 1.54) is 54.9 Å². The first-order chi connectivity index (χ1) is 20.2. The fraction of sp³-hybridized carbons (Fsp3) is 0.550. The van der Waals surface area contributed by atoms with Crippen LogP contribution in [0.15, 0.2) is 48.5 Å². The van der Waals surface area contributed by atoms with Gasteiger partial charge >= 0.3 is 37.9 Å². The van der Waals surface area contributed by atoms with Crippen LogP contribution in [-0.4, -0.2) is 9.52 Å². The first-order valence-electron chi connectivity index (χ1n) is 16.3. The second-order valence-corrected chi connectivity index (χ2v) is 20.1. The van der Waals surface area contributed by atoms with Crippen molar-refractivity contribution in [2.75, 3.05) is 0 Å². The monoisotopic (exact) mass is 728 g/mol. The first-order valence-corrected chi connectivity index (χ1v) is 24.6. The standard InChI is InChI=1S/2C19H27.C2H6Si.2ClH.Zr/c2*1-12(2)14-8-15-9-16(19(5,6)7)11-18(15)17(10-14)13(3)4;1-3-2;;;/h2*8-13H,1-7H3;1-2H3;2*1H;/q2*-1;;;;+4/p-2. The van der Waals surface area contributed by atoms with Gasteiger partial charge in [0.2, 0.25) is 0 Å². The van der Waals surface area contributed by atoms with Gasteiger partial charge in [-0.25, -0.2) is 0 Å². The normalized spacial score (nSPS) is 11.8. The Morgan fingerprint density at radius 1 is 0.545 bits per heavy atom. The van der Waals surface area contributed by atoms with Crippen LogP contribution >= 0.6 is 17.0 Å². The molecule has 242 valence electrons. The average Bonchev–Trinajstić information content (AvgIpc) is 3.53. The molecule has 0 amide bonds. The van der Waals surface area contributed by atoms with Gasteiger partial charge in [0.1, 0.15) is 0 Å². The van der Waals surface area contributed by atoms with Crippen molar-refractivity contribution in [1.29, 1.82) is 0 Å². The van der Waals surface area contributed by atoms with E-state index in [0.29, 0.717) is 23.7 Å². The van der Waals surface area contributed by atoms with Crippen LogP contribution in [-0.2, 0) is 31.7 Å². The topological polar surface area (TPSA) is 0 Å². The van der Waals surface area contributed by atoms with Gasteiger partial charge < -0.3 is 0 Å². The van der Waals surface area contributed by atoms with Crippen LogP contribution in [0.4, 0.5) is 0 Å². The van der Waals surface area contributed by atoms with Crippen molar-refractivity contribution in [3.05, 3.63) is 81.9 Å². The van der Waals surface area contributed by atoms with Crippen LogP contribution in [0.3, 0.4) is 0 Å². The summed E-state index contributed by atoms with van der Waals surface area (Å²) in [5, 5.41) is 5.73. The van der Waals surface area contributed by atoms with Crippen molar-refractivity contribution in [3.63, 3.8) is 0 Å². The molecule has 0 atom stereocenters. The van der Waals surface area contributed by atoms with Crippen LogP contribution in [0.5, 0.6) is 0 Å². The van der Waals surface area contributed by atoms with E-state index in [-0.39, 0.29) is 10.8 Å². The van der Waals surface area contributed by atoms with E-state index in [4.69, 9.17) is 17.0 Å². The van der Waals surface area contributed by atoms with Gasteiger partial charge in [-0.15, -0.1) is 56.9 Å². The number of hydrogen-bond donors (Lipinski definition) is 0. The predicted molar refractivity (Wildman–Crippen MR) is 202 cm³/mol. The molecular formula is C40H60Cl2SiZr. The molecule has 0 aliphatic rings. The Labute approximate surface area is 293 Å². The zero-order valence-corrected chi connectivity index (χ0v) is 35.7. The molecule has 0 fully saturated rings. The number of rotatable bonds is 4. The van der Waals surface area contributed by atoms with E-state index in [1.54, 1.807) is 0 Å². The molecule has 0 heterocycles. The SMILES string of the molecule is CC(C)c1cc(C(C)C)c2cc(C(C)(C)C)[cH-]c2c1.CC(C)c1cc(C(C)C)c2cc(C(C)(C)C)[cH-]c2c1.C[Si]C.[Cl][Zr+2][Cl]. The molecule has 2 radical (unpaired) electrons. The molecule has 0 nitrogen and oxygen atoms in total. The first kappa shape index (κ1) is 41.4. The van der Waals surface area contributed by atoms with Gasteiger partial charge in [-0.3, -0.25) is 0 Å². The molecule has 4 aromatic carbocycles. The fourth-order valence-corrected chi connectivity index (χ4v) is 5.24. The molecule has 4 rings (SSSR count). The summed E-state index contributed by atoms with van der Waals surface area (Å²) < 4.78 is 0. The van der Waals surface area contributed by atoms with Gasteiger partial charge in [0.15, 0.2) is 0 Å². The molecule has 0 aromatic heterocycles. The van der Waals surface area contributed by atoms with Gasteiger partial charge in [0.25, 0.3) is 0 Å².